The molecule has 0 bridgehead atoms. The number of rotatable bonds is 5. The molecule has 0 aliphatic rings. The smallest absolute Gasteiger partial charge is 0.0303 e. The Bertz CT molecular complexity index is 294. The van der Waals surface area contributed by atoms with Crippen molar-refractivity contribution in [1.29, 1.82) is 0 Å². The molecule has 2 heteroatoms. The Labute approximate surface area is 85.9 Å². The van der Waals surface area contributed by atoms with Gasteiger partial charge in [0, 0.05) is 18.4 Å². The number of nitrogens with two attached hydrogens (primary N) is 1. The van der Waals surface area contributed by atoms with Crippen LogP contribution in [0.3, 0.4) is 0 Å². The van der Waals surface area contributed by atoms with Crippen LogP contribution in [0.25, 0.3) is 0 Å². The molecule has 1 atom stereocenters. The quantitative estimate of drug-likeness (QED) is 0.725. The van der Waals surface area contributed by atoms with Crippen molar-refractivity contribution in [3.63, 3.8) is 0 Å². The van der Waals surface area contributed by atoms with Crippen molar-refractivity contribution in [3.05, 3.63) is 42.2 Å². The fraction of sp³-hybridized carbons (Fsp3) is 0.417. The van der Waals surface area contributed by atoms with Gasteiger partial charge in [0.25, 0.3) is 0 Å². The van der Waals surface area contributed by atoms with Gasteiger partial charge in [-0.05, 0) is 36.5 Å². The summed E-state index contributed by atoms with van der Waals surface area (Å²) in [5.41, 5.74) is 8.56. The fourth-order valence-electron chi connectivity index (χ4n) is 1.55. The van der Waals surface area contributed by atoms with Crippen LogP contribution >= 0.6 is 0 Å². The van der Waals surface area contributed by atoms with Crippen LogP contribution in [0.2, 0.25) is 0 Å². The van der Waals surface area contributed by atoms with Gasteiger partial charge in [0.2, 0.25) is 0 Å². The summed E-state index contributed by atoms with van der Waals surface area (Å²) in [7, 11) is 0. The molecule has 1 rings (SSSR count). The van der Waals surface area contributed by atoms with Crippen molar-refractivity contribution in [1.82, 2.24) is 4.98 Å². The van der Waals surface area contributed by atoms with E-state index in [1.165, 1.54) is 11.1 Å². The topological polar surface area (TPSA) is 38.9 Å². The number of hydrogen-bond donors (Lipinski definition) is 1. The summed E-state index contributed by atoms with van der Waals surface area (Å²) >= 11 is 0. The molecule has 0 saturated heterocycles. The standard InChI is InChI=1S/C12H18N2/c1-3-5-6-12(13)11-7-8-14-9-10(11)4-2/h3,7-9,12H,1,4-6,13H2,2H3. The first-order valence-corrected chi connectivity index (χ1v) is 5.08. The summed E-state index contributed by atoms with van der Waals surface area (Å²) in [6.07, 6.45) is 8.54. The van der Waals surface area contributed by atoms with E-state index in [2.05, 4.69) is 18.5 Å². The van der Waals surface area contributed by atoms with Crippen molar-refractivity contribution >= 4 is 0 Å². The zero-order valence-corrected chi connectivity index (χ0v) is 8.74. The van der Waals surface area contributed by atoms with Crippen molar-refractivity contribution in [2.75, 3.05) is 0 Å². The Morgan fingerprint density at radius 3 is 3.07 bits per heavy atom. The third-order valence-corrected chi connectivity index (χ3v) is 2.40. The maximum absolute atomic E-state index is 6.08. The highest BCUT2D eigenvalue weighted by atomic mass is 14.7. The molecule has 0 aliphatic carbocycles. The fourth-order valence-corrected chi connectivity index (χ4v) is 1.55. The lowest BCUT2D eigenvalue weighted by atomic mass is 9.98. The lowest BCUT2D eigenvalue weighted by Crippen LogP contribution is -2.12. The Kier molecular flexibility index (Phi) is 4.33. The monoisotopic (exact) mass is 190 g/mol. The van der Waals surface area contributed by atoms with Crippen molar-refractivity contribution in [2.24, 2.45) is 5.73 Å². The van der Waals surface area contributed by atoms with Crippen LogP contribution in [0, 0.1) is 0 Å². The third kappa shape index (κ3) is 2.67. The molecule has 2 nitrogen and oxygen atoms in total. The van der Waals surface area contributed by atoms with E-state index in [9.17, 15) is 0 Å². The summed E-state index contributed by atoms with van der Waals surface area (Å²) in [4.78, 5) is 4.10. The molecule has 2 N–H and O–H groups in total. The van der Waals surface area contributed by atoms with Gasteiger partial charge < -0.3 is 5.73 Å². The molecule has 14 heavy (non-hydrogen) atoms. The number of nitrogens with zero attached hydrogens (tertiary/aromatic N) is 1. The largest absolute Gasteiger partial charge is 0.324 e. The molecule has 76 valence electrons. The first-order valence-electron chi connectivity index (χ1n) is 5.08. The number of aromatic nitrogens is 1. The molecule has 0 fully saturated rings. The van der Waals surface area contributed by atoms with Crippen LogP contribution in [0.1, 0.15) is 36.9 Å². The molecule has 0 amide bonds. The van der Waals surface area contributed by atoms with Crippen molar-refractivity contribution < 1.29 is 0 Å². The summed E-state index contributed by atoms with van der Waals surface area (Å²) < 4.78 is 0. The van der Waals surface area contributed by atoms with E-state index in [1.807, 2.05) is 24.5 Å². The molecule has 1 heterocycles. The van der Waals surface area contributed by atoms with Crippen LogP contribution < -0.4 is 5.73 Å². The third-order valence-electron chi connectivity index (χ3n) is 2.40. The molecule has 0 saturated carbocycles. The van der Waals surface area contributed by atoms with Gasteiger partial charge in [0.05, 0.1) is 0 Å². The molecule has 1 aromatic heterocycles. The van der Waals surface area contributed by atoms with Gasteiger partial charge in [-0.15, -0.1) is 6.58 Å². The normalized spacial score (nSPS) is 12.4. The van der Waals surface area contributed by atoms with Crippen LogP contribution in [-0.2, 0) is 6.42 Å². The highest BCUT2D eigenvalue weighted by Gasteiger charge is 2.08. The minimum Gasteiger partial charge on any atom is -0.324 e. The number of hydrogen-bond acceptors (Lipinski definition) is 2. The van der Waals surface area contributed by atoms with Gasteiger partial charge in [-0.3, -0.25) is 4.98 Å². The van der Waals surface area contributed by atoms with Gasteiger partial charge in [0.15, 0.2) is 0 Å². The van der Waals surface area contributed by atoms with E-state index < -0.39 is 0 Å². The van der Waals surface area contributed by atoms with E-state index in [1.54, 1.807) is 0 Å². The molecule has 0 spiro atoms. The second-order valence-electron chi connectivity index (χ2n) is 3.40. The highest BCUT2D eigenvalue weighted by Crippen LogP contribution is 2.19. The van der Waals surface area contributed by atoms with Crippen LogP contribution in [0.5, 0.6) is 0 Å². The number of aryl methyl sites for hydroxylation is 1. The second-order valence-corrected chi connectivity index (χ2v) is 3.40. The molecule has 0 radical (unpaired) electrons. The summed E-state index contributed by atoms with van der Waals surface area (Å²) in [5, 5.41) is 0. The minimum atomic E-state index is 0.117. The van der Waals surface area contributed by atoms with Crippen LogP contribution in [0.4, 0.5) is 0 Å². The molecule has 1 unspecified atom stereocenters. The molecule has 0 aromatic carbocycles. The average molecular weight is 190 g/mol. The number of allylic oxidation sites excluding steroid dienone is 1. The lowest BCUT2D eigenvalue weighted by molar-refractivity contribution is 0.653. The Hall–Kier alpha value is -1.15. The maximum atomic E-state index is 6.08. The first kappa shape index (κ1) is 10.9. The van der Waals surface area contributed by atoms with Crippen LogP contribution in [0.15, 0.2) is 31.1 Å². The van der Waals surface area contributed by atoms with Crippen molar-refractivity contribution in [3.8, 4) is 0 Å². The lowest BCUT2D eigenvalue weighted by Gasteiger charge is -2.14. The number of pyridine rings is 1. The highest BCUT2D eigenvalue weighted by molar-refractivity contribution is 5.26. The predicted octanol–water partition coefficient (Wildman–Crippen LogP) is 2.61. The zero-order valence-electron chi connectivity index (χ0n) is 8.74. The van der Waals surface area contributed by atoms with Gasteiger partial charge >= 0.3 is 0 Å². The summed E-state index contributed by atoms with van der Waals surface area (Å²) in [5.74, 6) is 0. The summed E-state index contributed by atoms with van der Waals surface area (Å²) in [6, 6.07) is 2.14. The first-order chi connectivity index (χ1) is 6.79. The SMILES string of the molecule is C=CCCC(N)c1ccncc1CC. The Balaban J connectivity index is 2.77. The molecular formula is C12H18N2. The maximum Gasteiger partial charge on any atom is 0.0303 e. The van der Waals surface area contributed by atoms with Gasteiger partial charge in [-0.1, -0.05) is 13.0 Å². The second kappa shape index (κ2) is 5.55. The van der Waals surface area contributed by atoms with E-state index in [-0.39, 0.29) is 6.04 Å². The van der Waals surface area contributed by atoms with Gasteiger partial charge in [-0.2, -0.15) is 0 Å². The van der Waals surface area contributed by atoms with E-state index in [0.717, 1.165) is 19.3 Å². The van der Waals surface area contributed by atoms with Crippen LogP contribution in [-0.4, -0.2) is 4.98 Å². The van der Waals surface area contributed by atoms with Gasteiger partial charge in [-0.25, -0.2) is 0 Å². The summed E-state index contributed by atoms with van der Waals surface area (Å²) in [6.45, 7) is 5.83. The van der Waals surface area contributed by atoms with Crippen molar-refractivity contribution in [2.45, 2.75) is 32.2 Å². The zero-order chi connectivity index (χ0) is 10.4. The predicted molar refractivity (Wildman–Crippen MR) is 60.0 cm³/mol. The minimum absolute atomic E-state index is 0.117. The van der Waals surface area contributed by atoms with E-state index in [0.29, 0.717) is 0 Å². The molecule has 0 aliphatic heterocycles. The van der Waals surface area contributed by atoms with E-state index in [4.69, 9.17) is 5.73 Å². The van der Waals surface area contributed by atoms with E-state index >= 15 is 0 Å². The Morgan fingerprint density at radius 2 is 2.43 bits per heavy atom. The Morgan fingerprint density at radius 1 is 1.64 bits per heavy atom. The molecular weight excluding hydrogens is 172 g/mol. The van der Waals surface area contributed by atoms with Gasteiger partial charge in [0.1, 0.15) is 0 Å². The average Bonchev–Trinajstić information content (AvgIpc) is 2.25. The molecule has 1 aromatic rings.